The molecule has 0 amide bonds. The minimum atomic E-state index is -0.686. The van der Waals surface area contributed by atoms with E-state index < -0.39 is 10.6 Å². The third-order valence-corrected chi connectivity index (χ3v) is 3.35. The summed E-state index contributed by atoms with van der Waals surface area (Å²) >= 11 is 0. The Balaban J connectivity index is 3.00. The third kappa shape index (κ3) is 4.88. The van der Waals surface area contributed by atoms with Crippen LogP contribution in [0.4, 0.5) is 11.4 Å². The number of nitrogens with zero attached hydrogens (tertiary/aromatic N) is 5. The first-order valence-corrected chi connectivity index (χ1v) is 7.18. The fourth-order valence-electron chi connectivity index (χ4n) is 1.74. The van der Waals surface area contributed by atoms with Crippen molar-refractivity contribution in [2.24, 2.45) is 10.2 Å². The molecule has 7 heteroatoms. The number of hydrogen-bond acceptors (Lipinski definition) is 6. The minimum Gasteiger partial charge on any atom is -0.375 e. The van der Waals surface area contributed by atoms with Crippen molar-refractivity contribution in [3.05, 3.63) is 70.1 Å². The third-order valence-electron chi connectivity index (χ3n) is 3.35. The summed E-state index contributed by atoms with van der Waals surface area (Å²) in [6, 6.07) is 7.53. The van der Waals surface area contributed by atoms with E-state index in [-0.39, 0.29) is 11.3 Å². The average molecular weight is 325 g/mol. The van der Waals surface area contributed by atoms with Crippen molar-refractivity contribution in [3.63, 3.8) is 0 Å². The van der Waals surface area contributed by atoms with Gasteiger partial charge in [-0.15, -0.1) is 5.11 Å². The van der Waals surface area contributed by atoms with Crippen molar-refractivity contribution in [2.45, 2.75) is 13.8 Å². The molecule has 0 aromatic heterocycles. The van der Waals surface area contributed by atoms with Crippen LogP contribution in [-0.2, 0) is 0 Å². The molecule has 0 saturated carbocycles. The highest BCUT2D eigenvalue weighted by Gasteiger charge is 2.09. The SMILES string of the molecule is C=C(N=Nc1ccc(N(C)CC)cc1C)/C(C#N)=C\C(=C)[N+](=O)[O-]. The van der Waals surface area contributed by atoms with Crippen molar-refractivity contribution in [3.8, 4) is 6.07 Å². The predicted octanol–water partition coefficient (Wildman–Crippen LogP) is 4.29. The zero-order valence-electron chi connectivity index (χ0n) is 14.0. The average Bonchev–Trinajstić information content (AvgIpc) is 2.56. The Morgan fingerprint density at radius 1 is 1.50 bits per heavy atom. The van der Waals surface area contributed by atoms with E-state index in [0.717, 1.165) is 23.9 Å². The lowest BCUT2D eigenvalue weighted by molar-refractivity contribution is -0.418. The van der Waals surface area contributed by atoms with Crippen LogP contribution in [0.25, 0.3) is 0 Å². The van der Waals surface area contributed by atoms with Gasteiger partial charge in [-0.3, -0.25) is 10.1 Å². The molecule has 0 N–H and O–H groups in total. The quantitative estimate of drug-likeness (QED) is 0.246. The van der Waals surface area contributed by atoms with E-state index in [1.807, 2.05) is 32.2 Å². The van der Waals surface area contributed by atoms with E-state index >= 15 is 0 Å². The van der Waals surface area contributed by atoms with Gasteiger partial charge < -0.3 is 4.90 Å². The molecule has 1 aromatic rings. The molecule has 0 unspecified atom stereocenters. The number of nitriles is 1. The largest absolute Gasteiger partial charge is 0.375 e. The summed E-state index contributed by atoms with van der Waals surface area (Å²) in [6.07, 6.45) is 1.02. The second kappa shape index (κ2) is 8.39. The molecule has 0 radical (unpaired) electrons. The van der Waals surface area contributed by atoms with Gasteiger partial charge >= 0.3 is 0 Å². The van der Waals surface area contributed by atoms with Crippen LogP contribution in [0.15, 0.2) is 64.6 Å². The predicted molar refractivity (Wildman–Crippen MR) is 93.6 cm³/mol. The summed E-state index contributed by atoms with van der Waals surface area (Å²) in [5.41, 5.74) is 2.19. The molecule has 1 rings (SSSR count). The van der Waals surface area contributed by atoms with Crippen LogP contribution in [-0.4, -0.2) is 18.5 Å². The van der Waals surface area contributed by atoms with Gasteiger partial charge in [0, 0.05) is 25.4 Å². The van der Waals surface area contributed by atoms with Crippen LogP contribution < -0.4 is 4.90 Å². The monoisotopic (exact) mass is 325 g/mol. The fraction of sp³-hybridized carbons (Fsp3) is 0.235. The van der Waals surface area contributed by atoms with Gasteiger partial charge in [0.05, 0.1) is 21.9 Å². The van der Waals surface area contributed by atoms with Gasteiger partial charge in [0.15, 0.2) is 0 Å². The molecule has 0 aliphatic rings. The first-order valence-electron chi connectivity index (χ1n) is 7.18. The van der Waals surface area contributed by atoms with Crippen LogP contribution >= 0.6 is 0 Å². The summed E-state index contributed by atoms with van der Waals surface area (Å²) in [5, 5.41) is 27.6. The number of azo groups is 1. The normalized spacial score (nSPS) is 11.2. The molecule has 1 aromatic carbocycles. The number of anilines is 1. The smallest absolute Gasteiger partial charge is 0.263 e. The molecule has 0 atom stereocenters. The highest BCUT2D eigenvalue weighted by Crippen LogP contribution is 2.25. The van der Waals surface area contributed by atoms with Crippen LogP contribution in [0.3, 0.4) is 0 Å². The molecule has 124 valence electrons. The van der Waals surface area contributed by atoms with Gasteiger partial charge in [-0.1, -0.05) is 6.58 Å². The molecular formula is C17H19N5O2. The highest BCUT2D eigenvalue weighted by molar-refractivity contribution is 5.57. The van der Waals surface area contributed by atoms with Gasteiger partial charge in [0.1, 0.15) is 6.07 Å². The lowest BCUT2D eigenvalue weighted by Gasteiger charge is -2.17. The maximum atomic E-state index is 10.6. The number of allylic oxidation sites excluding steroid dienone is 2. The van der Waals surface area contributed by atoms with E-state index in [0.29, 0.717) is 5.69 Å². The van der Waals surface area contributed by atoms with Crippen LogP contribution in [0.1, 0.15) is 12.5 Å². The molecular weight excluding hydrogens is 306 g/mol. The van der Waals surface area contributed by atoms with E-state index in [1.165, 1.54) is 0 Å². The minimum absolute atomic E-state index is 0.0367. The number of benzene rings is 1. The lowest BCUT2D eigenvalue weighted by Crippen LogP contribution is -2.15. The van der Waals surface area contributed by atoms with E-state index in [4.69, 9.17) is 5.26 Å². The Morgan fingerprint density at radius 3 is 2.67 bits per heavy atom. The van der Waals surface area contributed by atoms with Gasteiger partial charge in [-0.2, -0.15) is 10.4 Å². The van der Waals surface area contributed by atoms with E-state index in [2.05, 4.69) is 35.2 Å². The summed E-state index contributed by atoms with van der Waals surface area (Å²) in [4.78, 5) is 12.0. The van der Waals surface area contributed by atoms with Crippen molar-refractivity contribution >= 4 is 11.4 Å². The number of aryl methyl sites for hydroxylation is 1. The number of rotatable bonds is 7. The number of hydrogen-bond donors (Lipinski definition) is 0. The zero-order valence-corrected chi connectivity index (χ0v) is 14.0. The maximum absolute atomic E-state index is 10.6. The Labute approximate surface area is 141 Å². The standard InChI is InChI=1S/C17H19N5O2/c1-6-21(5)16-7-8-17(12(2)9-16)20-19-14(4)15(11-18)10-13(3)22(23)24/h7-10H,3-4,6H2,1-2,5H3/b15-10-,20-19?. The van der Waals surface area contributed by atoms with Crippen molar-refractivity contribution < 1.29 is 4.92 Å². The molecule has 7 nitrogen and oxygen atoms in total. The second-order valence-corrected chi connectivity index (χ2v) is 5.05. The van der Waals surface area contributed by atoms with E-state index in [1.54, 1.807) is 6.07 Å². The zero-order chi connectivity index (χ0) is 18.3. The van der Waals surface area contributed by atoms with Gasteiger partial charge in [0.25, 0.3) is 5.70 Å². The number of nitro groups is 1. The summed E-state index contributed by atoms with van der Waals surface area (Å²) < 4.78 is 0. The Morgan fingerprint density at radius 2 is 2.17 bits per heavy atom. The van der Waals surface area contributed by atoms with Crippen molar-refractivity contribution in [1.29, 1.82) is 5.26 Å². The summed E-state index contributed by atoms with van der Waals surface area (Å²) in [7, 11) is 1.99. The Bertz CT molecular complexity index is 772. The Hall–Kier alpha value is -3.27. The molecule has 0 saturated heterocycles. The summed E-state index contributed by atoms with van der Waals surface area (Å²) in [6.45, 7) is 11.7. The topological polar surface area (TPSA) is 94.9 Å². The van der Waals surface area contributed by atoms with Crippen molar-refractivity contribution in [2.75, 3.05) is 18.5 Å². The lowest BCUT2D eigenvalue weighted by atomic mass is 10.1. The van der Waals surface area contributed by atoms with Gasteiger partial charge in [0.2, 0.25) is 0 Å². The van der Waals surface area contributed by atoms with Crippen LogP contribution in [0.5, 0.6) is 0 Å². The van der Waals surface area contributed by atoms with Gasteiger partial charge in [-0.05, 0) is 44.2 Å². The maximum Gasteiger partial charge on any atom is 0.263 e. The molecule has 0 fully saturated rings. The second-order valence-electron chi connectivity index (χ2n) is 5.05. The summed E-state index contributed by atoms with van der Waals surface area (Å²) in [5.74, 6) is 0. The molecule has 0 heterocycles. The Kier molecular flexibility index (Phi) is 6.56. The molecule has 24 heavy (non-hydrogen) atoms. The van der Waals surface area contributed by atoms with E-state index in [9.17, 15) is 10.1 Å². The molecule has 0 aliphatic heterocycles. The van der Waals surface area contributed by atoms with Crippen LogP contribution in [0.2, 0.25) is 0 Å². The van der Waals surface area contributed by atoms with Gasteiger partial charge in [-0.25, -0.2) is 0 Å². The highest BCUT2D eigenvalue weighted by atomic mass is 16.6. The molecule has 0 aliphatic carbocycles. The van der Waals surface area contributed by atoms with Crippen molar-refractivity contribution in [1.82, 2.24) is 0 Å². The first kappa shape index (κ1) is 18.8. The van der Waals surface area contributed by atoms with Crippen LogP contribution in [0, 0.1) is 28.4 Å². The molecule has 0 spiro atoms. The fourth-order valence-corrected chi connectivity index (χ4v) is 1.74. The first-order chi connectivity index (χ1) is 11.3. The molecule has 0 bridgehead atoms.